The summed E-state index contributed by atoms with van der Waals surface area (Å²) in [5.41, 5.74) is 0.368. The second kappa shape index (κ2) is 7.74. The highest BCUT2D eigenvalue weighted by molar-refractivity contribution is 6.33. The summed E-state index contributed by atoms with van der Waals surface area (Å²) in [6.45, 7) is 3.60. The Balaban J connectivity index is 1.75. The number of hydrogen-bond donors (Lipinski definition) is 1. The molecule has 0 radical (unpaired) electrons. The normalized spacial score (nSPS) is 27.0. The molecule has 31 heavy (non-hydrogen) atoms. The van der Waals surface area contributed by atoms with Crippen LogP contribution in [0.1, 0.15) is 27.0 Å². The van der Waals surface area contributed by atoms with Gasteiger partial charge < -0.3 is 18.9 Å². The molecule has 164 valence electrons. The van der Waals surface area contributed by atoms with Crippen LogP contribution in [-0.2, 0) is 38.1 Å². The highest BCUT2D eigenvalue weighted by Crippen LogP contribution is 2.41. The van der Waals surface area contributed by atoms with Crippen molar-refractivity contribution in [2.45, 2.75) is 51.4 Å². The van der Waals surface area contributed by atoms with Gasteiger partial charge in [0.2, 0.25) is 18.0 Å². The first-order valence-corrected chi connectivity index (χ1v) is 9.41. The molecular weight excluding hydrogens is 438 g/mol. The summed E-state index contributed by atoms with van der Waals surface area (Å²) in [7, 11) is 0. The molecule has 2 aromatic rings. The van der Waals surface area contributed by atoms with E-state index in [2.05, 4.69) is 20.3 Å². The van der Waals surface area contributed by atoms with Crippen LogP contribution in [0, 0.1) is 0 Å². The maximum Gasteiger partial charge on any atom is 0.350 e. The molecule has 0 bridgehead atoms. The highest BCUT2D eigenvalue weighted by Gasteiger charge is 2.61. The number of hydrogen-bond acceptors (Lipinski definition) is 11. The van der Waals surface area contributed by atoms with Crippen LogP contribution >= 0.6 is 11.6 Å². The zero-order chi connectivity index (χ0) is 22.4. The van der Waals surface area contributed by atoms with Crippen LogP contribution in [0.15, 0.2) is 6.33 Å². The highest BCUT2D eigenvalue weighted by atomic mass is 35.5. The minimum absolute atomic E-state index is 0.0288. The number of anilines is 1. The lowest BCUT2D eigenvalue weighted by Gasteiger charge is -2.22. The summed E-state index contributed by atoms with van der Waals surface area (Å²) < 4.78 is 23.0. The predicted octanol–water partition coefficient (Wildman–Crippen LogP) is 0.124. The third-order valence-electron chi connectivity index (χ3n) is 4.54. The molecule has 5 atom stereocenters. The Morgan fingerprint density at radius 1 is 1.13 bits per heavy atom. The zero-order valence-corrected chi connectivity index (χ0v) is 17.2. The maximum absolute atomic E-state index is 12.1. The maximum atomic E-state index is 12.1. The topological polar surface area (TPSA) is 161 Å². The molecule has 0 unspecified atom stereocenters. The zero-order valence-electron chi connectivity index (χ0n) is 16.4. The van der Waals surface area contributed by atoms with E-state index in [1.54, 1.807) is 0 Å². The lowest BCUT2D eigenvalue weighted by Crippen LogP contribution is -2.36. The van der Waals surface area contributed by atoms with Crippen molar-refractivity contribution in [1.82, 2.24) is 19.5 Å². The molecule has 1 N–H and O–H groups in total. The summed E-state index contributed by atoms with van der Waals surface area (Å²) in [5.74, 6) is -2.65. The van der Waals surface area contributed by atoms with Gasteiger partial charge in [-0.15, -0.1) is 0 Å². The van der Waals surface area contributed by atoms with E-state index in [0.29, 0.717) is 0 Å². The molecule has 1 amide bonds. The van der Waals surface area contributed by atoms with E-state index in [9.17, 15) is 19.2 Å². The first-order valence-electron chi connectivity index (χ1n) is 9.03. The predicted molar refractivity (Wildman–Crippen MR) is 99.5 cm³/mol. The average Bonchev–Trinajstić information content (AvgIpc) is 3.29. The lowest BCUT2D eigenvalue weighted by atomic mass is 10.1. The molecule has 2 aromatic heterocycles. The van der Waals surface area contributed by atoms with Gasteiger partial charge in [-0.1, -0.05) is 11.6 Å². The molecule has 2 aliphatic heterocycles. The van der Waals surface area contributed by atoms with E-state index in [-0.39, 0.29) is 22.3 Å². The van der Waals surface area contributed by atoms with Gasteiger partial charge in [-0.25, -0.2) is 9.78 Å². The Hall–Kier alpha value is -3.32. The number of halogens is 1. The van der Waals surface area contributed by atoms with E-state index in [0.717, 1.165) is 6.92 Å². The number of ether oxygens (including phenoxy) is 4. The van der Waals surface area contributed by atoms with Crippen molar-refractivity contribution in [3.63, 3.8) is 0 Å². The molecular formula is C17H16ClN5O8. The second-order valence-corrected chi connectivity index (χ2v) is 7.20. The van der Waals surface area contributed by atoms with Crippen LogP contribution in [0.4, 0.5) is 5.95 Å². The van der Waals surface area contributed by atoms with Gasteiger partial charge in [0.25, 0.3) is 0 Å². The molecule has 4 heterocycles. The smallest absolute Gasteiger partial charge is 0.350 e. The summed E-state index contributed by atoms with van der Waals surface area (Å²) in [6.07, 6.45) is -4.21. The number of amides is 1. The van der Waals surface area contributed by atoms with E-state index in [4.69, 9.17) is 30.5 Å². The summed E-state index contributed by atoms with van der Waals surface area (Å²) in [6, 6.07) is 0. The van der Waals surface area contributed by atoms with Crippen LogP contribution in [-0.4, -0.2) is 67.7 Å². The number of fused-ring (bicyclic) bond motifs is 2. The van der Waals surface area contributed by atoms with Crippen LogP contribution in [0.2, 0.25) is 5.15 Å². The van der Waals surface area contributed by atoms with Crippen molar-refractivity contribution < 1.29 is 38.1 Å². The van der Waals surface area contributed by atoms with Crippen molar-refractivity contribution in [2.24, 2.45) is 0 Å². The van der Waals surface area contributed by atoms with Crippen molar-refractivity contribution in [2.75, 3.05) is 5.32 Å². The number of imidazole rings is 1. The second-order valence-electron chi connectivity index (χ2n) is 6.84. The fourth-order valence-electron chi connectivity index (χ4n) is 3.49. The first-order chi connectivity index (χ1) is 14.7. The summed E-state index contributed by atoms with van der Waals surface area (Å²) in [4.78, 5) is 58.9. The fourth-order valence-corrected chi connectivity index (χ4v) is 3.71. The Morgan fingerprint density at radius 3 is 2.48 bits per heavy atom. The quantitative estimate of drug-likeness (QED) is 0.380. The van der Waals surface area contributed by atoms with Gasteiger partial charge in [-0.2, -0.15) is 9.97 Å². The van der Waals surface area contributed by atoms with Crippen LogP contribution < -0.4 is 5.32 Å². The third-order valence-corrected chi connectivity index (χ3v) is 4.81. The van der Waals surface area contributed by atoms with Crippen LogP contribution in [0.25, 0.3) is 11.2 Å². The van der Waals surface area contributed by atoms with Gasteiger partial charge in [0, 0.05) is 20.8 Å². The number of aromatic nitrogens is 4. The van der Waals surface area contributed by atoms with E-state index in [1.165, 1.54) is 24.7 Å². The van der Waals surface area contributed by atoms with E-state index >= 15 is 0 Å². The van der Waals surface area contributed by atoms with Crippen molar-refractivity contribution in [3.8, 4) is 0 Å². The molecule has 0 aliphatic carbocycles. The Morgan fingerprint density at radius 2 is 1.84 bits per heavy atom. The molecule has 4 rings (SSSR count). The molecule has 2 fully saturated rings. The Labute approximate surface area is 179 Å². The summed E-state index contributed by atoms with van der Waals surface area (Å²) >= 11 is 6.15. The van der Waals surface area contributed by atoms with Gasteiger partial charge in [0.1, 0.15) is 11.6 Å². The molecule has 0 spiro atoms. The average molecular weight is 454 g/mol. The van der Waals surface area contributed by atoms with Gasteiger partial charge in [-0.3, -0.25) is 24.3 Å². The molecule has 0 aromatic carbocycles. The van der Waals surface area contributed by atoms with E-state index < -0.39 is 54.5 Å². The minimum Gasteiger partial charge on any atom is -0.454 e. The molecule has 2 saturated heterocycles. The Kier molecular flexibility index (Phi) is 5.23. The molecule has 0 saturated carbocycles. The van der Waals surface area contributed by atoms with Gasteiger partial charge in [0.05, 0.1) is 6.33 Å². The first kappa shape index (κ1) is 20.9. The third kappa shape index (κ3) is 3.77. The standard InChI is InChI=1S/C17H16ClN5O8/c1-5(24)20-17-21-13(18)8-14(22-17)23(4-19-8)15-11(28-6(2)25)9-10(30-15)12(16(27)31-9)29-7(3)26/h4,9-12,15H,1-3H3,(H,20,21,22,24)/t9-,10-,11+,12-,15+/m0/s1. The monoisotopic (exact) mass is 453 g/mol. The summed E-state index contributed by atoms with van der Waals surface area (Å²) in [5, 5.41) is 2.39. The number of nitrogens with one attached hydrogen (secondary N) is 1. The Bertz CT molecular complexity index is 1100. The number of nitrogens with zero attached hydrogens (tertiary/aromatic N) is 4. The largest absolute Gasteiger partial charge is 0.454 e. The van der Waals surface area contributed by atoms with Gasteiger partial charge in [0.15, 0.2) is 29.2 Å². The number of rotatable bonds is 4. The molecule has 13 nitrogen and oxygen atoms in total. The number of carbonyl (C=O) groups excluding carboxylic acids is 4. The van der Waals surface area contributed by atoms with Crippen LogP contribution in [0.3, 0.4) is 0 Å². The molecule has 2 aliphatic rings. The fraction of sp³-hybridized carbons (Fsp3) is 0.471. The number of carbonyl (C=O) groups is 4. The van der Waals surface area contributed by atoms with Crippen molar-refractivity contribution in [3.05, 3.63) is 11.5 Å². The minimum atomic E-state index is -1.33. The SMILES string of the molecule is CC(=O)Nc1nc(Cl)c2ncn([C@@H]3O[C@H]4[C@H](OC(=O)[C@H]4OC(C)=O)[C@H]3OC(C)=O)c2n1. The molecule has 14 heteroatoms. The van der Waals surface area contributed by atoms with E-state index in [1.807, 2.05) is 0 Å². The van der Waals surface area contributed by atoms with Crippen molar-refractivity contribution >= 4 is 52.5 Å². The van der Waals surface area contributed by atoms with Crippen molar-refractivity contribution in [1.29, 1.82) is 0 Å². The van der Waals surface area contributed by atoms with Gasteiger partial charge >= 0.3 is 17.9 Å². The number of esters is 3. The lowest BCUT2D eigenvalue weighted by molar-refractivity contribution is -0.174. The van der Waals surface area contributed by atoms with Gasteiger partial charge in [-0.05, 0) is 0 Å². The van der Waals surface area contributed by atoms with Crippen LogP contribution in [0.5, 0.6) is 0 Å².